The van der Waals surface area contributed by atoms with Crippen molar-refractivity contribution in [1.29, 1.82) is 0 Å². The Morgan fingerprint density at radius 3 is 1.92 bits per heavy atom. The minimum Gasteiger partial charge on any atom is -0.453 e. The first-order chi connectivity index (χ1) is 24.3. The van der Waals surface area contributed by atoms with E-state index in [1.54, 1.807) is 0 Å². The maximum Gasteiger partial charge on any atom is 0.160 e. The highest BCUT2D eigenvalue weighted by atomic mass is 16.3. The first-order valence-electron chi connectivity index (χ1n) is 16.4. The normalized spacial score (nSPS) is 11.7. The van der Waals surface area contributed by atoms with E-state index >= 15 is 0 Å². The number of para-hydroxylation sites is 5. The number of rotatable bonds is 5. The zero-order valence-electron chi connectivity index (χ0n) is 26.4. The molecule has 5 heteroatoms. The molecule has 0 saturated carbocycles. The molecule has 0 aliphatic heterocycles. The third-order valence-electron chi connectivity index (χ3n) is 9.40. The summed E-state index contributed by atoms with van der Waals surface area (Å²) in [6.07, 6.45) is 1.96. The van der Waals surface area contributed by atoms with E-state index in [0.717, 1.165) is 83.0 Å². The number of hydrogen-bond acceptors (Lipinski definition) is 4. The van der Waals surface area contributed by atoms with Crippen molar-refractivity contribution in [2.24, 2.45) is 0 Å². The molecule has 0 aliphatic carbocycles. The summed E-state index contributed by atoms with van der Waals surface area (Å²) < 4.78 is 9.24. The molecule has 230 valence electrons. The molecule has 5 nitrogen and oxygen atoms in total. The second-order valence-electron chi connectivity index (χ2n) is 12.2. The molecular formula is C44H28N4O. The lowest BCUT2D eigenvalue weighted by Crippen LogP contribution is -2.09. The lowest BCUT2D eigenvalue weighted by atomic mass is 9.99. The Morgan fingerprint density at radius 2 is 1.16 bits per heavy atom. The van der Waals surface area contributed by atoms with Gasteiger partial charge in [0, 0.05) is 44.2 Å². The molecule has 0 atom stereocenters. The van der Waals surface area contributed by atoms with Crippen molar-refractivity contribution in [3.05, 3.63) is 170 Å². The van der Waals surface area contributed by atoms with Crippen LogP contribution in [0.3, 0.4) is 0 Å². The first-order valence-corrected chi connectivity index (χ1v) is 16.4. The zero-order valence-corrected chi connectivity index (χ0v) is 26.4. The van der Waals surface area contributed by atoms with Gasteiger partial charge in [-0.15, -0.1) is 0 Å². The van der Waals surface area contributed by atoms with Crippen LogP contribution < -0.4 is 4.90 Å². The SMILES string of the molecule is c1ccc(N(c2ccccc2)c2cccc3c2oc2c4ccccc4cc(-c4ncc5c(n4)c4ccccc4n5-c4ccccc4)c32)cc1. The molecule has 0 radical (unpaired) electrons. The molecule has 49 heavy (non-hydrogen) atoms. The predicted octanol–water partition coefficient (Wildman–Crippen LogP) is 11.8. The van der Waals surface area contributed by atoms with Gasteiger partial charge in [0.05, 0.1) is 22.9 Å². The van der Waals surface area contributed by atoms with E-state index in [-0.39, 0.29) is 0 Å². The van der Waals surface area contributed by atoms with Crippen LogP contribution in [0.5, 0.6) is 0 Å². The van der Waals surface area contributed by atoms with Crippen molar-refractivity contribution in [1.82, 2.24) is 14.5 Å². The molecule has 0 fully saturated rings. The van der Waals surface area contributed by atoms with Crippen LogP contribution in [0.25, 0.3) is 71.7 Å². The second kappa shape index (κ2) is 10.9. The molecule has 10 aromatic rings. The van der Waals surface area contributed by atoms with Gasteiger partial charge in [0.15, 0.2) is 11.4 Å². The van der Waals surface area contributed by atoms with E-state index in [9.17, 15) is 0 Å². The quantitative estimate of drug-likeness (QED) is 0.190. The Bertz CT molecular complexity index is 2780. The van der Waals surface area contributed by atoms with Crippen LogP contribution in [0.1, 0.15) is 0 Å². The number of nitrogens with zero attached hydrogens (tertiary/aromatic N) is 4. The van der Waals surface area contributed by atoms with Crippen molar-refractivity contribution < 1.29 is 4.42 Å². The van der Waals surface area contributed by atoms with Crippen LogP contribution in [0.4, 0.5) is 17.1 Å². The summed E-state index contributed by atoms with van der Waals surface area (Å²) in [5.74, 6) is 0.662. The molecule has 0 saturated heterocycles. The van der Waals surface area contributed by atoms with Crippen LogP contribution in [0.15, 0.2) is 174 Å². The number of anilines is 3. The van der Waals surface area contributed by atoms with Crippen molar-refractivity contribution in [2.75, 3.05) is 4.90 Å². The average molecular weight is 629 g/mol. The zero-order chi connectivity index (χ0) is 32.3. The molecule has 0 amide bonds. The number of fused-ring (bicyclic) bond motifs is 8. The van der Waals surface area contributed by atoms with E-state index in [0.29, 0.717) is 5.82 Å². The van der Waals surface area contributed by atoms with Crippen LogP contribution in [-0.2, 0) is 0 Å². The van der Waals surface area contributed by atoms with E-state index in [1.807, 2.05) is 24.4 Å². The predicted molar refractivity (Wildman–Crippen MR) is 201 cm³/mol. The highest BCUT2D eigenvalue weighted by molar-refractivity contribution is 6.23. The number of furan rings is 1. The van der Waals surface area contributed by atoms with E-state index in [4.69, 9.17) is 14.4 Å². The van der Waals surface area contributed by atoms with Crippen LogP contribution >= 0.6 is 0 Å². The molecule has 0 aliphatic rings. The van der Waals surface area contributed by atoms with Gasteiger partial charge < -0.3 is 13.9 Å². The molecule has 0 spiro atoms. The van der Waals surface area contributed by atoms with Crippen LogP contribution in [0.2, 0.25) is 0 Å². The maximum absolute atomic E-state index is 7.00. The Balaban J connectivity index is 1.27. The van der Waals surface area contributed by atoms with Gasteiger partial charge in [-0.1, -0.05) is 109 Å². The van der Waals surface area contributed by atoms with Gasteiger partial charge >= 0.3 is 0 Å². The van der Waals surface area contributed by atoms with E-state index in [2.05, 4.69) is 155 Å². The summed E-state index contributed by atoms with van der Waals surface area (Å²) in [5.41, 5.74) is 9.69. The molecule has 0 unspecified atom stereocenters. The molecular weight excluding hydrogens is 601 g/mol. The van der Waals surface area contributed by atoms with Gasteiger partial charge in [-0.25, -0.2) is 9.97 Å². The summed E-state index contributed by atoms with van der Waals surface area (Å²) in [6, 6.07) is 56.7. The summed E-state index contributed by atoms with van der Waals surface area (Å²) in [7, 11) is 0. The van der Waals surface area contributed by atoms with Crippen LogP contribution in [-0.4, -0.2) is 14.5 Å². The minimum atomic E-state index is 0.662. The average Bonchev–Trinajstić information content (AvgIpc) is 3.73. The largest absolute Gasteiger partial charge is 0.453 e. The monoisotopic (exact) mass is 628 g/mol. The maximum atomic E-state index is 7.00. The van der Waals surface area contributed by atoms with Crippen LogP contribution in [0, 0.1) is 0 Å². The van der Waals surface area contributed by atoms with Crippen molar-refractivity contribution in [2.45, 2.75) is 0 Å². The molecule has 0 bridgehead atoms. The number of benzene rings is 7. The summed E-state index contributed by atoms with van der Waals surface area (Å²) in [5, 5.41) is 5.23. The van der Waals surface area contributed by atoms with Gasteiger partial charge in [-0.3, -0.25) is 0 Å². The highest BCUT2D eigenvalue weighted by Gasteiger charge is 2.24. The molecule has 10 rings (SSSR count). The number of hydrogen-bond donors (Lipinski definition) is 0. The van der Waals surface area contributed by atoms with Crippen molar-refractivity contribution >= 4 is 71.7 Å². The fourth-order valence-corrected chi connectivity index (χ4v) is 7.27. The van der Waals surface area contributed by atoms with Gasteiger partial charge in [0.25, 0.3) is 0 Å². The lowest BCUT2D eigenvalue weighted by molar-refractivity contribution is 0.673. The molecule has 7 aromatic carbocycles. The number of aromatic nitrogens is 3. The Labute approximate surface area is 281 Å². The third kappa shape index (κ3) is 4.26. The van der Waals surface area contributed by atoms with Gasteiger partial charge in [-0.05, 0) is 60.0 Å². The Hall–Kier alpha value is -6.72. The first kappa shape index (κ1) is 27.4. The lowest BCUT2D eigenvalue weighted by Gasteiger charge is -2.25. The summed E-state index contributed by atoms with van der Waals surface area (Å²) in [4.78, 5) is 12.7. The minimum absolute atomic E-state index is 0.662. The molecule has 3 heterocycles. The standard InChI is InChI=1S/C44H28N4O/c1-4-16-30(17-5-1)47(31-18-6-2-7-19-31)38-26-14-24-35-40-36(27-29-15-10-11-22-33(29)43(40)49-42(35)38)44-45-28-39-41(46-44)34-23-12-13-25-37(34)48(39)32-20-8-3-9-21-32/h1-28H. The van der Waals surface area contributed by atoms with Crippen molar-refractivity contribution in [3.63, 3.8) is 0 Å². The smallest absolute Gasteiger partial charge is 0.160 e. The summed E-state index contributed by atoms with van der Waals surface area (Å²) in [6.45, 7) is 0. The topological polar surface area (TPSA) is 47.1 Å². The summed E-state index contributed by atoms with van der Waals surface area (Å²) >= 11 is 0. The highest BCUT2D eigenvalue weighted by Crippen LogP contribution is 2.46. The Morgan fingerprint density at radius 1 is 0.531 bits per heavy atom. The van der Waals surface area contributed by atoms with Gasteiger partial charge in [-0.2, -0.15) is 0 Å². The van der Waals surface area contributed by atoms with E-state index < -0.39 is 0 Å². The van der Waals surface area contributed by atoms with Gasteiger partial charge in [0.1, 0.15) is 11.1 Å². The molecule has 0 N–H and O–H groups in total. The second-order valence-corrected chi connectivity index (χ2v) is 12.2. The Kier molecular flexibility index (Phi) is 6.11. The third-order valence-corrected chi connectivity index (χ3v) is 9.40. The fourth-order valence-electron chi connectivity index (χ4n) is 7.27. The van der Waals surface area contributed by atoms with Gasteiger partial charge in [0.2, 0.25) is 0 Å². The van der Waals surface area contributed by atoms with E-state index in [1.165, 1.54) is 0 Å². The fraction of sp³-hybridized carbons (Fsp3) is 0. The molecule has 3 aromatic heterocycles. The van der Waals surface area contributed by atoms with Crippen molar-refractivity contribution in [3.8, 4) is 17.1 Å².